The van der Waals surface area contributed by atoms with Gasteiger partial charge in [-0.1, -0.05) is 0 Å². The lowest BCUT2D eigenvalue weighted by atomic mass is 10.2. The molecule has 0 spiro atoms. The molecule has 1 aromatic heterocycles. The van der Waals surface area contributed by atoms with Crippen molar-refractivity contribution in [3.05, 3.63) is 17.8 Å². The number of pyridine rings is 1. The molecule has 0 saturated carbocycles. The van der Waals surface area contributed by atoms with Gasteiger partial charge in [-0.2, -0.15) is 0 Å². The highest BCUT2D eigenvalue weighted by molar-refractivity contribution is 5.96. The number of carboxylic acids is 1. The molecule has 104 valence electrons. The molecule has 7 heteroatoms. The van der Waals surface area contributed by atoms with Crippen LogP contribution in [0, 0.1) is 0 Å². The topological polar surface area (TPSA) is 109 Å². The Bertz CT molecular complexity index is 488. The van der Waals surface area contributed by atoms with Crippen LogP contribution in [-0.2, 0) is 4.79 Å². The van der Waals surface area contributed by atoms with Crippen molar-refractivity contribution in [2.45, 2.75) is 19.9 Å². The summed E-state index contributed by atoms with van der Waals surface area (Å²) in [5.74, 6) is -1.03. The molecular formula is C12H18N4O3. The van der Waals surface area contributed by atoms with Crippen LogP contribution in [0.15, 0.2) is 12.3 Å². The summed E-state index contributed by atoms with van der Waals surface area (Å²) in [5, 5.41) is 11.7. The highest BCUT2D eigenvalue weighted by atomic mass is 16.4. The Balaban J connectivity index is 2.88. The summed E-state index contributed by atoms with van der Waals surface area (Å²) in [6.07, 6.45) is 1.35. The number of carbonyl (C=O) groups is 2. The Hall–Kier alpha value is -2.31. The van der Waals surface area contributed by atoms with Crippen LogP contribution < -0.4 is 16.0 Å². The lowest BCUT2D eigenvalue weighted by Gasteiger charge is -2.20. The van der Waals surface area contributed by atoms with Crippen molar-refractivity contribution in [1.29, 1.82) is 0 Å². The first-order chi connectivity index (χ1) is 8.82. The second-order valence-electron chi connectivity index (χ2n) is 4.48. The molecule has 0 saturated heterocycles. The van der Waals surface area contributed by atoms with Gasteiger partial charge in [0.05, 0.1) is 17.8 Å². The van der Waals surface area contributed by atoms with Crippen LogP contribution in [0.2, 0.25) is 0 Å². The van der Waals surface area contributed by atoms with E-state index in [2.05, 4.69) is 10.3 Å². The molecular weight excluding hydrogens is 248 g/mol. The fourth-order valence-corrected chi connectivity index (χ4v) is 1.61. The van der Waals surface area contributed by atoms with Gasteiger partial charge in [-0.3, -0.25) is 4.79 Å². The number of nitrogens with one attached hydrogen (secondary N) is 1. The number of aromatic carboxylic acids is 1. The van der Waals surface area contributed by atoms with Gasteiger partial charge < -0.3 is 21.1 Å². The number of hydrogen-bond donors (Lipinski definition) is 3. The third kappa shape index (κ3) is 3.84. The minimum atomic E-state index is -1.12. The van der Waals surface area contributed by atoms with E-state index in [4.69, 9.17) is 10.8 Å². The Kier molecular flexibility index (Phi) is 4.68. The monoisotopic (exact) mass is 266 g/mol. The molecule has 0 aliphatic rings. The largest absolute Gasteiger partial charge is 0.478 e. The molecule has 19 heavy (non-hydrogen) atoms. The van der Waals surface area contributed by atoms with Crippen molar-refractivity contribution in [1.82, 2.24) is 10.3 Å². The second kappa shape index (κ2) is 6.03. The highest BCUT2D eigenvalue weighted by Crippen LogP contribution is 2.22. The number of nitrogen functional groups attached to an aromatic ring is 1. The molecule has 7 nitrogen and oxygen atoms in total. The molecule has 0 fully saturated rings. The van der Waals surface area contributed by atoms with E-state index in [9.17, 15) is 9.59 Å². The van der Waals surface area contributed by atoms with Gasteiger partial charge in [-0.05, 0) is 19.9 Å². The number of anilines is 2. The normalized spacial score (nSPS) is 10.3. The maximum absolute atomic E-state index is 11.6. The van der Waals surface area contributed by atoms with Crippen molar-refractivity contribution in [3.63, 3.8) is 0 Å². The van der Waals surface area contributed by atoms with E-state index in [0.29, 0.717) is 0 Å². The van der Waals surface area contributed by atoms with E-state index in [-0.39, 0.29) is 35.6 Å². The summed E-state index contributed by atoms with van der Waals surface area (Å²) in [5.41, 5.74) is 5.77. The summed E-state index contributed by atoms with van der Waals surface area (Å²) >= 11 is 0. The quantitative estimate of drug-likeness (QED) is 0.708. The number of amides is 1. The summed E-state index contributed by atoms with van der Waals surface area (Å²) in [6, 6.07) is 1.36. The van der Waals surface area contributed by atoms with Crippen molar-refractivity contribution in [2.24, 2.45) is 0 Å². The van der Waals surface area contributed by atoms with Gasteiger partial charge in [0.15, 0.2) is 5.82 Å². The molecule has 0 aliphatic carbocycles. The minimum Gasteiger partial charge on any atom is -0.478 e. The van der Waals surface area contributed by atoms with Gasteiger partial charge in [-0.25, -0.2) is 9.78 Å². The van der Waals surface area contributed by atoms with Crippen LogP contribution in [-0.4, -0.2) is 41.6 Å². The van der Waals surface area contributed by atoms with E-state index >= 15 is 0 Å². The Morgan fingerprint density at radius 2 is 2.16 bits per heavy atom. The molecule has 0 aromatic carbocycles. The number of likely N-dealkylation sites (N-methyl/N-ethyl adjacent to an activating group) is 1. The zero-order valence-electron chi connectivity index (χ0n) is 11.2. The predicted molar refractivity (Wildman–Crippen MR) is 72.2 cm³/mol. The number of nitrogens with two attached hydrogens (primary N) is 1. The van der Waals surface area contributed by atoms with E-state index in [0.717, 1.165) is 0 Å². The fourth-order valence-electron chi connectivity index (χ4n) is 1.61. The summed E-state index contributed by atoms with van der Waals surface area (Å²) in [6.45, 7) is 3.77. The lowest BCUT2D eigenvalue weighted by Crippen LogP contribution is -2.39. The van der Waals surface area contributed by atoms with E-state index in [1.807, 2.05) is 13.8 Å². The molecule has 0 radical (unpaired) electrons. The van der Waals surface area contributed by atoms with Crippen LogP contribution >= 0.6 is 0 Å². The minimum absolute atomic E-state index is 0.0267. The third-order valence-electron chi connectivity index (χ3n) is 2.39. The average molecular weight is 266 g/mol. The van der Waals surface area contributed by atoms with Gasteiger partial charge in [0.25, 0.3) is 0 Å². The smallest absolute Gasteiger partial charge is 0.337 e. The van der Waals surface area contributed by atoms with Gasteiger partial charge >= 0.3 is 5.97 Å². The molecule has 1 rings (SSSR count). The maximum Gasteiger partial charge on any atom is 0.337 e. The third-order valence-corrected chi connectivity index (χ3v) is 2.39. The van der Waals surface area contributed by atoms with Crippen molar-refractivity contribution >= 4 is 23.4 Å². The Labute approximate surface area is 111 Å². The number of carbonyl (C=O) groups excluding carboxylic acids is 1. The maximum atomic E-state index is 11.6. The zero-order valence-corrected chi connectivity index (χ0v) is 11.2. The molecule has 0 bridgehead atoms. The second-order valence-corrected chi connectivity index (χ2v) is 4.48. The summed E-state index contributed by atoms with van der Waals surface area (Å²) in [4.78, 5) is 28.1. The van der Waals surface area contributed by atoms with Crippen LogP contribution in [0.5, 0.6) is 0 Å². The first-order valence-corrected chi connectivity index (χ1v) is 5.81. The molecule has 1 amide bonds. The number of carboxylic acid groups (broad SMARTS) is 1. The predicted octanol–water partition coefficient (Wildman–Crippen LogP) is 0.323. The van der Waals surface area contributed by atoms with E-state index < -0.39 is 5.97 Å². The number of hydrogen-bond acceptors (Lipinski definition) is 5. The van der Waals surface area contributed by atoms with E-state index in [1.165, 1.54) is 17.2 Å². The van der Waals surface area contributed by atoms with Crippen molar-refractivity contribution < 1.29 is 14.7 Å². The number of nitrogens with zero attached hydrogens (tertiary/aromatic N) is 2. The SMILES string of the molecule is CC(C)NC(=O)CN(C)c1nccc(C(=O)O)c1N. The molecule has 0 unspecified atom stereocenters. The number of aromatic nitrogens is 1. The van der Waals surface area contributed by atoms with Crippen LogP contribution in [0.25, 0.3) is 0 Å². The van der Waals surface area contributed by atoms with Crippen LogP contribution in [0.1, 0.15) is 24.2 Å². The first-order valence-electron chi connectivity index (χ1n) is 5.81. The summed E-state index contributed by atoms with van der Waals surface area (Å²) in [7, 11) is 1.63. The van der Waals surface area contributed by atoms with Gasteiger partial charge in [0, 0.05) is 19.3 Å². The average Bonchev–Trinajstić information content (AvgIpc) is 2.27. The van der Waals surface area contributed by atoms with E-state index in [1.54, 1.807) is 7.05 Å². The van der Waals surface area contributed by atoms with Crippen molar-refractivity contribution in [3.8, 4) is 0 Å². The Morgan fingerprint density at radius 1 is 1.53 bits per heavy atom. The van der Waals surface area contributed by atoms with Gasteiger partial charge in [0.2, 0.25) is 5.91 Å². The number of rotatable bonds is 5. The Morgan fingerprint density at radius 3 is 2.68 bits per heavy atom. The molecule has 1 heterocycles. The fraction of sp³-hybridized carbons (Fsp3) is 0.417. The molecule has 1 aromatic rings. The lowest BCUT2D eigenvalue weighted by molar-refractivity contribution is -0.120. The molecule has 4 N–H and O–H groups in total. The first kappa shape index (κ1) is 14.7. The van der Waals surface area contributed by atoms with Crippen LogP contribution in [0.3, 0.4) is 0 Å². The van der Waals surface area contributed by atoms with Gasteiger partial charge in [-0.15, -0.1) is 0 Å². The zero-order chi connectivity index (χ0) is 14.6. The van der Waals surface area contributed by atoms with Crippen LogP contribution in [0.4, 0.5) is 11.5 Å². The summed E-state index contributed by atoms with van der Waals surface area (Å²) < 4.78 is 0. The van der Waals surface area contributed by atoms with Gasteiger partial charge in [0.1, 0.15) is 0 Å². The molecule has 0 aliphatic heterocycles. The standard InChI is InChI=1S/C12H18N4O3/c1-7(2)15-9(17)6-16(3)11-10(13)8(12(18)19)4-5-14-11/h4-5,7H,6,13H2,1-3H3,(H,15,17)(H,18,19). The highest BCUT2D eigenvalue weighted by Gasteiger charge is 2.17. The van der Waals surface area contributed by atoms with Crippen molar-refractivity contribution in [2.75, 3.05) is 24.2 Å². The molecule has 0 atom stereocenters.